The molecule has 0 bridgehead atoms. The highest BCUT2D eigenvalue weighted by Crippen LogP contribution is 2.43. The maximum absolute atomic E-state index is 14.3. The highest BCUT2D eigenvalue weighted by atomic mass is 19.4. The summed E-state index contributed by atoms with van der Waals surface area (Å²) in [4.78, 5) is 71.5. The van der Waals surface area contributed by atoms with E-state index in [-0.39, 0.29) is 133 Å². The number of halogens is 12. The molecular formula is C64H52F12N8O7. The Balaban J connectivity index is 0.000000200. The highest BCUT2D eigenvalue weighted by molar-refractivity contribution is 5.95. The van der Waals surface area contributed by atoms with Gasteiger partial charge in [-0.05, 0) is 109 Å². The summed E-state index contributed by atoms with van der Waals surface area (Å²) >= 11 is 0. The number of carbonyl (C=O) groups excluding carboxylic acids is 5. The summed E-state index contributed by atoms with van der Waals surface area (Å²) in [5.74, 6) is -11.4. The first-order valence-electron chi connectivity index (χ1n) is 28.3. The number of rotatable bonds is 18. The largest absolute Gasteiger partial charge is 0.435 e. The van der Waals surface area contributed by atoms with Crippen LogP contribution in [0.15, 0.2) is 109 Å². The molecule has 4 aromatic heterocycles. The van der Waals surface area contributed by atoms with Crippen LogP contribution in [-0.4, -0.2) is 77.7 Å². The molecule has 15 nitrogen and oxygen atoms in total. The van der Waals surface area contributed by atoms with Crippen molar-refractivity contribution in [2.75, 3.05) is 13.2 Å². The Kier molecular flexibility index (Phi) is 18.6. The lowest BCUT2D eigenvalue weighted by atomic mass is 9.86. The van der Waals surface area contributed by atoms with E-state index in [1.807, 2.05) is 0 Å². The summed E-state index contributed by atoms with van der Waals surface area (Å²) < 4.78 is 182. The summed E-state index contributed by atoms with van der Waals surface area (Å²) in [7, 11) is 0. The quantitative estimate of drug-likeness (QED) is 0.0770. The number of carbonyl (C=O) groups is 5. The molecule has 5 heterocycles. The van der Waals surface area contributed by atoms with E-state index in [0.29, 0.717) is 34.4 Å². The van der Waals surface area contributed by atoms with Gasteiger partial charge in [0.25, 0.3) is 11.8 Å². The molecule has 11 rings (SSSR count). The fourth-order valence-corrected chi connectivity index (χ4v) is 12.0. The zero-order chi connectivity index (χ0) is 65.3. The van der Waals surface area contributed by atoms with Crippen molar-refractivity contribution in [3.05, 3.63) is 212 Å². The molecule has 474 valence electrons. The average molecular weight is 1270 g/mol. The van der Waals surface area contributed by atoms with Crippen LogP contribution in [0.4, 0.5) is 52.7 Å². The Hall–Kier alpha value is -9.37. The van der Waals surface area contributed by atoms with Gasteiger partial charge in [-0.3, -0.25) is 43.3 Å². The molecule has 0 radical (unpaired) electrons. The van der Waals surface area contributed by atoms with Gasteiger partial charge in [-0.15, -0.1) is 0 Å². The predicted molar refractivity (Wildman–Crippen MR) is 299 cm³/mol. The van der Waals surface area contributed by atoms with E-state index < -0.39 is 119 Å². The second kappa shape index (κ2) is 26.2. The van der Waals surface area contributed by atoms with E-state index in [4.69, 9.17) is 20.9 Å². The fourth-order valence-electron chi connectivity index (χ4n) is 12.0. The zero-order valence-electron chi connectivity index (χ0n) is 47.7. The van der Waals surface area contributed by atoms with Gasteiger partial charge >= 0.3 is 12.4 Å². The minimum Gasteiger partial charge on any atom is -0.366 e. The van der Waals surface area contributed by atoms with E-state index in [2.05, 4.69) is 20.2 Å². The standard InChI is InChI=1S/C33H28F6N4O4.C31H24F6N4O3/c34-21-11-18(12-22(35)15-21)10-20(29-24(2-1-7-41-29)19-3-4-27(36)25(14-19)31(40)45)13-23(44)17-43-28-5-6-32(46-8-9-47-32)16-26(28)30(42-43)33(37,38)39;32-19-9-16(10-20(33)13-19)8-18(28-23(2-1-7-39-28)17-3-5-26(34)24(12-17)30(38)44)11-22(43)15-41-27-6-4-21(42)14-25(27)29(40-41)31(35,36)37/h1-4,7,11-12,14-15,20H,5-6,8-10,13,16-17H2,(H2,40,45);1-3,5,7,9-10,12-13,18H,4,6,8,11,14-15H2,(H2,38,44)/t20-;18-/m11/s1. The number of benzene rings is 4. The van der Waals surface area contributed by atoms with Gasteiger partial charge in [0, 0.05) is 109 Å². The number of ketones is 3. The number of aromatic nitrogens is 6. The van der Waals surface area contributed by atoms with Crippen LogP contribution in [0.1, 0.15) is 115 Å². The smallest absolute Gasteiger partial charge is 0.366 e. The highest BCUT2D eigenvalue weighted by Gasteiger charge is 2.48. The van der Waals surface area contributed by atoms with E-state index in [0.717, 1.165) is 45.8 Å². The van der Waals surface area contributed by atoms with Gasteiger partial charge in [-0.2, -0.15) is 36.5 Å². The number of primary amides is 2. The lowest BCUT2D eigenvalue weighted by molar-refractivity contribution is -0.167. The van der Waals surface area contributed by atoms with Crippen molar-refractivity contribution in [2.45, 2.75) is 107 Å². The first-order valence-corrected chi connectivity index (χ1v) is 28.3. The van der Waals surface area contributed by atoms with Crippen LogP contribution in [0.25, 0.3) is 22.3 Å². The normalized spacial score (nSPS) is 15.1. The van der Waals surface area contributed by atoms with Crippen molar-refractivity contribution in [1.29, 1.82) is 0 Å². The van der Waals surface area contributed by atoms with Crippen LogP contribution in [0.5, 0.6) is 0 Å². The molecule has 8 aromatic rings. The molecule has 91 heavy (non-hydrogen) atoms. The summed E-state index contributed by atoms with van der Waals surface area (Å²) in [6, 6.07) is 19.4. The summed E-state index contributed by atoms with van der Waals surface area (Å²) in [5, 5.41) is 7.46. The summed E-state index contributed by atoms with van der Waals surface area (Å²) in [6.45, 7) is -0.537. The molecule has 1 saturated heterocycles. The van der Waals surface area contributed by atoms with Crippen LogP contribution in [0.3, 0.4) is 0 Å². The number of pyridine rings is 2. The molecule has 2 atom stereocenters. The second-order valence-corrected chi connectivity index (χ2v) is 22.2. The Morgan fingerprint density at radius 2 is 0.989 bits per heavy atom. The molecule has 1 aliphatic heterocycles. The minimum absolute atomic E-state index is 0.00627. The maximum Gasteiger partial charge on any atom is 0.435 e. The number of alkyl halides is 6. The van der Waals surface area contributed by atoms with Gasteiger partial charge in [0.05, 0.1) is 48.8 Å². The predicted octanol–water partition coefficient (Wildman–Crippen LogP) is 11.2. The Morgan fingerprint density at radius 3 is 1.42 bits per heavy atom. The Morgan fingerprint density at radius 1 is 0.560 bits per heavy atom. The van der Waals surface area contributed by atoms with Gasteiger partial charge in [-0.1, -0.05) is 24.3 Å². The van der Waals surface area contributed by atoms with E-state index in [9.17, 15) is 76.7 Å². The number of nitrogens with two attached hydrogens (primary N) is 2. The molecule has 2 aliphatic carbocycles. The van der Waals surface area contributed by atoms with Crippen molar-refractivity contribution in [2.24, 2.45) is 11.5 Å². The minimum atomic E-state index is -4.83. The third-order valence-corrected chi connectivity index (χ3v) is 15.8. The van der Waals surface area contributed by atoms with E-state index >= 15 is 0 Å². The number of fused-ring (bicyclic) bond motifs is 2. The van der Waals surface area contributed by atoms with Crippen molar-refractivity contribution < 1.29 is 86.1 Å². The molecule has 1 spiro atoms. The van der Waals surface area contributed by atoms with Gasteiger partial charge in [-0.25, -0.2) is 26.3 Å². The van der Waals surface area contributed by atoms with Gasteiger partial charge in [0.2, 0.25) is 0 Å². The number of ether oxygens (including phenoxy) is 2. The topological polar surface area (TPSA) is 217 Å². The molecule has 4 N–H and O–H groups in total. The maximum atomic E-state index is 14.3. The molecular weight excluding hydrogens is 1220 g/mol. The zero-order valence-corrected chi connectivity index (χ0v) is 47.7. The molecule has 3 aliphatic rings. The van der Waals surface area contributed by atoms with Crippen LogP contribution in [0.2, 0.25) is 0 Å². The number of hydrogen-bond acceptors (Lipinski definition) is 11. The van der Waals surface area contributed by atoms with Crippen LogP contribution in [-0.2, 0) is 87.8 Å². The van der Waals surface area contributed by atoms with Crippen LogP contribution < -0.4 is 11.5 Å². The molecule has 4 aromatic carbocycles. The number of Topliss-reactive ketones (excluding diaryl/α,β-unsaturated/α-hetero) is 3. The first kappa shape index (κ1) is 64.6. The fraction of sp³-hybridized carbons (Fsp3) is 0.297. The van der Waals surface area contributed by atoms with Gasteiger partial charge in [0.1, 0.15) is 40.7 Å². The molecule has 0 unspecified atom stereocenters. The van der Waals surface area contributed by atoms with Gasteiger partial charge < -0.3 is 20.9 Å². The van der Waals surface area contributed by atoms with E-state index in [1.54, 1.807) is 24.3 Å². The Labute approximate surface area is 509 Å². The van der Waals surface area contributed by atoms with Crippen LogP contribution >= 0.6 is 0 Å². The van der Waals surface area contributed by atoms with Crippen molar-refractivity contribution in [1.82, 2.24) is 29.5 Å². The summed E-state index contributed by atoms with van der Waals surface area (Å²) in [6.07, 6.45) is -7.78. The second-order valence-electron chi connectivity index (χ2n) is 22.2. The van der Waals surface area contributed by atoms with Gasteiger partial charge in [0.15, 0.2) is 28.7 Å². The van der Waals surface area contributed by atoms with Crippen molar-refractivity contribution >= 4 is 29.2 Å². The SMILES string of the molecule is NC(=O)c1cc(-c2cccnc2[C@@H](CC(=O)Cn2nc(C(F)(F)F)c3c2CCC(=O)C3)Cc2cc(F)cc(F)c2)ccc1F.NC(=O)c1cc(-c2cccnc2[C@@H](CC(=O)Cn2nc(C(F)(F)F)c3c2CCC2(C3)OCCO2)Cc2cc(F)cc(F)c2)ccc1F. The molecule has 0 saturated carbocycles. The lowest BCUT2D eigenvalue weighted by Crippen LogP contribution is -2.38. The van der Waals surface area contributed by atoms with Crippen molar-refractivity contribution in [3.8, 4) is 22.3 Å². The average Bonchev–Trinajstić information content (AvgIpc) is 1.64. The number of hydrogen-bond donors (Lipinski definition) is 2. The van der Waals surface area contributed by atoms with Crippen LogP contribution in [0, 0.1) is 34.9 Å². The lowest BCUT2D eigenvalue weighted by Gasteiger charge is -2.32. The first-order chi connectivity index (χ1) is 43.1. The number of nitrogens with zero attached hydrogens (tertiary/aromatic N) is 6. The summed E-state index contributed by atoms with van der Waals surface area (Å²) in [5.41, 5.74) is 9.98. The van der Waals surface area contributed by atoms with E-state index in [1.165, 1.54) is 36.7 Å². The molecule has 2 amide bonds. The Bertz CT molecular complexity index is 4120. The number of amides is 2. The third-order valence-electron chi connectivity index (χ3n) is 15.8. The monoisotopic (exact) mass is 1270 g/mol. The molecule has 1 fully saturated rings. The molecule has 27 heteroatoms. The third kappa shape index (κ3) is 14.8. The van der Waals surface area contributed by atoms with Crippen molar-refractivity contribution in [3.63, 3.8) is 0 Å².